The van der Waals surface area contributed by atoms with Crippen molar-refractivity contribution in [3.8, 4) is 5.75 Å². The van der Waals surface area contributed by atoms with Gasteiger partial charge in [-0.3, -0.25) is 19.3 Å². The molecule has 180 valence electrons. The second kappa shape index (κ2) is 9.71. The number of anilines is 1. The molecular formula is C26H24N2O6S. The largest absolute Gasteiger partial charge is 0.503 e. The molecule has 1 aromatic heterocycles. The van der Waals surface area contributed by atoms with Crippen LogP contribution in [0.15, 0.2) is 59.9 Å². The van der Waals surface area contributed by atoms with E-state index in [0.717, 1.165) is 0 Å². The van der Waals surface area contributed by atoms with Gasteiger partial charge >= 0.3 is 5.97 Å². The maximum absolute atomic E-state index is 13.6. The summed E-state index contributed by atoms with van der Waals surface area (Å²) in [5.41, 5.74) is 2.34. The van der Waals surface area contributed by atoms with Gasteiger partial charge in [0.1, 0.15) is 5.75 Å². The molecule has 9 heteroatoms. The van der Waals surface area contributed by atoms with Crippen molar-refractivity contribution in [2.75, 3.05) is 19.1 Å². The Kier molecular flexibility index (Phi) is 6.70. The molecule has 1 aliphatic heterocycles. The zero-order valence-electron chi connectivity index (χ0n) is 19.7. The normalized spacial score (nSPS) is 15.5. The van der Waals surface area contributed by atoms with E-state index in [2.05, 4.69) is 4.98 Å². The van der Waals surface area contributed by atoms with E-state index in [1.54, 1.807) is 69.5 Å². The van der Waals surface area contributed by atoms with E-state index < -0.39 is 23.5 Å². The van der Waals surface area contributed by atoms with Crippen molar-refractivity contribution in [3.63, 3.8) is 0 Å². The number of ketones is 1. The molecule has 0 fully saturated rings. The fourth-order valence-corrected chi connectivity index (χ4v) is 4.96. The first-order valence-electron chi connectivity index (χ1n) is 10.8. The predicted octanol–water partition coefficient (Wildman–Crippen LogP) is 4.27. The summed E-state index contributed by atoms with van der Waals surface area (Å²) in [6, 6.07) is 12.9. The van der Waals surface area contributed by atoms with Gasteiger partial charge in [0, 0.05) is 5.69 Å². The van der Waals surface area contributed by atoms with Gasteiger partial charge in [-0.2, -0.15) is 0 Å². The average Bonchev–Trinajstić information content (AvgIpc) is 3.34. The number of methoxy groups -OCH3 is 2. The van der Waals surface area contributed by atoms with Crippen molar-refractivity contribution >= 4 is 34.7 Å². The Balaban J connectivity index is 1.80. The van der Waals surface area contributed by atoms with Crippen molar-refractivity contribution in [1.29, 1.82) is 0 Å². The van der Waals surface area contributed by atoms with Crippen molar-refractivity contribution in [2.45, 2.75) is 26.3 Å². The lowest BCUT2D eigenvalue weighted by Gasteiger charge is -2.27. The monoisotopic (exact) mass is 492 g/mol. The van der Waals surface area contributed by atoms with Gasteiger partial charge in [-0.25, -0.2) is 4.98 Å². The smallest absolute Gasteiger partial charge is 0.309 e. The average molecular weight is 493 g/mol. The number of aliphatic hydroxyl groups is 1. The van der Waals surface area contributed by atoms with E-state index in [1.165, 1.54) is 23.3 Å². The number of rotatable bonds is 7. The molecule has 1 aliphatic rings. The highest BCUT2D eigenvalue weighted by molar-refractivity contribution is 7.14. The van der Waals surface area contributed by atoms with Gasteiger partial charge in [-0.15, -0.1) is 11.3 Å². The Morgan fingerprint density at radius 1 is 1.06 bits per heavy atom. The van der Waals surface area contributed by atoms with Crippen LogP contribution in [-0.4, -0.2) is 42.0 Å². The minimum atomic E-state index is -0.867. The van der Waals surface area contributed by atoms with Crippen molar-refractivity contribution < 1.29 is 29.0 Å². The van der Waals surface area contributed by atoms with Crippen LogP contribution in [0.2, 0.25) is 0 Å². The highest BCUT2D eigenvalue weighted by Gasteiger charge is 2.45. The number of Topliss-reactive ketones (excluding diaryl/α,β-unsaturated/α-hetero) is 1. The Hall–Kier alpha value is -3.98. The van der Waals surface area contributed by atoms with Gasteiger partial charge in [-0.1, -0.05) is 24.3 Å². The number of esters is 1. The Morgan fingerprint density at radius 3 is 2.26 bits per heavy atom. The van der Waals surface area contributed by atoms with Crippen LogP contribution in [0.3, 0.4) is 0 Å². The summed E-state index contributed by atoms with van der Waals surface area (Å²) in [5.74, 6) is -1.49. The zero-order valence-corrected chi connectivity index (χ0v) is 20.5. The van der Waals surface area contributed by atoms with E-state index in [0.29, 0.717) is 38.1 Å². The second-order valence-electron chi connectivity index (χ2n) is 8.01. The molecule has 4 rings (SSSR count). The number of carbonyl (C=O) groups excluding carboxylic acids is 3. The lowest BCUT2D eigenvalue weighted by molar-refractivity contribution is -0.139. The lowest BCUT2D eigenvalue weighted by atomic mass is 9.94. The minimum Gasteiger partial charge on any atom is -0.503 e. The third kappa shape index (κ3) is 4.54. The highest BCUT2D eigenvalue weighted by Crippen LogP contribution is 2.43. The van der Waals surface area contributed by atoms with Gasteiger partial charge in [0.25, 0.3) is 5.91 Å². The number of thiazole rings is 1. The number of aromatic nitrogens is 1. The summed E-state index contributed by atoms with van der Waals surface area (Å²) in [5, 5.41) is 11.6. The molecule has 1 unspecified atom stereocenters. The van der Waals surface area contributed by atoms with Crippen LogP contribution in [0.25, 0.3) is 0 Å². The standard InChI is InChI=1S/C26H24N2O6S/c1-14-25(35-15(2)27-14)23(30)21-22(17-7-11-19(33-3)12-8-17)28(26(32)24(21)31)18-9-5-16(6-10-18)13-20(29)34-4/h5-12,22,31H,13H2,1-4H3. The van der Waals surface area contributed by atoms with Crippen molar-refractivity contribution in [2.24, 2.45) is 0 Å². The van der Waals surface area contributed by atoms with Crippen LogP contribution >= 0.6 is 11.3 Å². The Labute approximate surface area is 206 Å². The quantitative estimate of drug-likeness (QED) is 0.388. The third-order valence-corrected chi connectivity index (χ3v) is 6.86. The van der Waals surface area contributed by atoms with Crippen LogP contribution in [0.1, 0.15) is 37.5 Å². The summed E-state index contributed by atoms with van der Waals surface area (Å²) >= 11 is 1.22. The molecule has 0 spiro atoms. The number of hydrogen-bond donors (Lipinski definition) is 1. The summed E-state index contributed by atoms with van der Waals surface area (Å²) < 4.78 is 9.96. The number of hydrogen-bond acceptors (Lipinski definition) is 8. The highest BCUT2D eigenvalue weighted by atomic mass is 32.1. The van der Waals surface area contributed by atoms with Crippen LogP contribution in [0, 0.1) is 13.8 Å². The maximum Gasteiger partial charge on any atom is 0.309 e. The lowest BCUT2D eigenvalue weighted by Crippen LogP contribution is -2.31. The summed E-state index contributed by atoms with van der Waals surface area (Å²) in [6.45, 7) is 3.52. The molecule has 1 amide bonds. The molecule has 0 aliphatic carbocycles. The molecule has 8 nitrogen and oxygen atoms in total. The number of amides is 1. The summed E-state index contributed by atoms with van der Waals surface area (Å²) in [6.07, 6.45) is 0.0872. The van der Waals surface area contributed by atoms with E-state index >= 15 is 0 Å². The molecule has 3 aromatic rings. The molecular weight excluding hydrogens is 468 g/mol. The second-order valence-corrected chi connectivity index (χ2v) is 9.21. The molecule has 0 saturated heterocycles. The van der Waals surface area contributed by atoms with E-state index in [4.69, 9.17) is 9.47 Å². The van der Waals surface area contributed by atoms with Gasteiger partial charge in [-0.05, 0) is 49.2 Å². The fraction of sp³-hybridized carbons (Fsp3) is 0.231. The molecule has 35 heavy (non-hydrogen) atoms. The molecule has 2 heterocycles. The van der Waals surface area contributed by atoms with Crippen molar-refractivity contribution in [1.82, 2.24) is 4.98 Å². The van der Waals surface area contributed by atoms with Gasteiger partial charge in [0.15, 0.2) is 5.76 Å². The van der Waals surface area contributed by atoms with Crippen LogP contribution in [0.4, 0.5) is 5.69 Å². The molecule has 0 radical (unpaired) electrons. The van der Waals surface area contributed by atoms with E-state index in [9.17, 15) is 19.5 Å². The van der Waals surface area contributed by atoms with Crippen molar-refractivity contribution in [3.05, 3.63) is 86.6 Å². The summed E-state index contributed by atoms with van der Waals surface area (Å²) in [4.78, 5) is 44.6. The van der Waals surface area contributed by atoms with E-state index in [-0.39, 0.29) is 18.0 Å². The Morgan fingerprint density at radius 2 is 1.71 bits per heavy atom. The maximum atomic E-state index is 13.6. The topological polar surface area (TPSA) is 106 Å². The first kappa shape index (κ1) is 24.2. The number of aryl methyl sites for hydroxylation is 2. The van der Waals surface area contributed by atoms with Gasteiger partial charge in [0.05, 0.1) is 47.8 Å². The molecule has 1 N–H and O–H groups in total. The number of carbonyl (C=O) groups is 3. The SMILES string of the molecule is COC(=O)Cc1ccc(N2C(=O)C(O)=C(C(=O)c3sc(C)nc3C)C2c2ccc(OC)cc2)cc1. The number of aliphatic hydroxyl groups excluding tert-OH is 1. The molecule has 0 saturated carbocycles. The Bertz CT molecular complexity index is 1320. The number of benzene rings is 2. The fourth-order valence-electron chi connectivity index (χ4n) is 4.08. The number of nitrogens with zero attached hydrogens (tertiary/aromatic N) is 2. The predicted molar refractivity (Wildman–Crippen MR) is 131 cm³/mol. The third-order valence-electron chi connectivity index (χ3n) is 5.78. The summed E-state index contributed by atoms with van der Waals surface area (Å²) in [7, 11) is 2.87. The first-order chi connectivity index (χ1) is 16.7. The van der Waals surface area contributed by atoms with E-state index in [1.807, 2.05) is 0 Å². The minimum absolute atomic E-state index is 0.00875. The van der Waals surface area contributed by atoms with Crippen LogP contribution in [0.5, 0.6) is 5.75 Å². The molecule has 1 atom stereocenters. The van der Waals surface area contributed by atoms with Crippen LogP contribution in [-0.2, 0) is 20.7 Å². The number of ether oxygens (including phenoxy) is 2. The van der Waals surface area contributed by atoms with Crippen LogP contribution < -0.4 is 9.64 Å². The molecule has 2 aromatic carbocycles. The zero-order chi connectivity index (χ0) is 25.3. The first-order valence-corrected chi connectivity index (χ1v) is 11.6. The van der Waals surface area contributed by atoms with Gasteiger partial charge < -0.3 is 14.6 Å². The molecule has 0 bridgehead atoms. The van der Waals surface area contributed by atoms with Gasteiger partial charge in [0.2, 0.25) is 5.78 Å².